The Balaban J connectivity index is 1.30. The molecule has 1 aliphatic carbocycles. The smallest absolute Gasteiger partial charge is 0.390 e. The van der Waals surface area contributed by atoms with Crippen LogP contribution in [0.2, 0.25) is 10.2 Å². The van der Waals surface area contributed by atoms with Crippen molar-refractivity contribution in [2.75, 3.05) is 11.9 Å². The average Bonchev–Trinajstić information content (AvgIpc) is 3.65. The molecule has 1 saturated carbocycles. The SMILES string of the molecule is CC1(C)CCC2(CC1)N[C@@H](C(=O)N[C@@H]1CC[C@@H](c3n[nH]c(=O)o3)OC1)[C@H](c1ccnc(Cl)c1F)C21C(=O)Nc2cc(Cl)ccc21. The summed E-state index contributed by atoms with van der Waals surface area (Å²) in [5.74, 6) is -2.96. The normalized spacial score (nSPS) is 29.9. The minimum Gasteiger partial charge on any atom is -0.390 e. The molecule has 11 nitrogen and oxygen atoms in total. The molecule has 2 spiro atoms. The summed E-state index contributed by atoms with van der Waals surface area (Å²) in [7, 11) is 0. The number of hydrogen-bond acceptors (Lipinski definition) is 8. The Morgan fingerprint density at radius 2 is 1.89 bits per heavy atom. The maximum Gasteiger partial charge on any atom is 0.434 e. The number of aromatic amines is 1. The number of H-pyrrole nitrogens is 1. The summed E-state index contributed by atoms with van der Waals surface area (Å²) >= 11 is 12.6. The van der Waals surface area contributed by atoms with Crippen molar-refractivity contribution in [1.29, 1.82) is 0 Å². The molecule has 0 bridgehead atoms. The van der Waals surface area contributed by atoms with E-state index in [0.29, 0.717) is 42.0 Å². The molecule has 3 fully saturated rings. The molecule has 3 aromatic rings. The number of fused-ring (bicyclic) bond motifs is 3. The van der Waals surface area contributed by atoms with Crippen molar-refractivity contribution in [2.24, 2.45) is 5.41 Å². The molecular weight excluding hydrogens is 626 g/mol. The van der Waals surface area contributed by atoms with Crippen LogP contribution in [0, 0.1) is 11.2 Å². The molecule has 2 amide bonds. The van der Waals surface area contributed by atoms with Gasteiger partial charge in [0.1, 0.15) is 11.5 Å². The number of nitrogens with zero attached hydrogens (tertiary/aromatic N) is 2. The molecule has 4 N–H and O–H groups in total. The quantitative estimate of drug-likeness (QED) is 0.299. The van der Waals surface area contributed by atoms with Crippen LogP contribution in [0.4, 0.5) is 10.1 Å². The number of anilines is 1. The summed E-state index contributed by atoms with van der Waals surface area (Å²) in [6.07, 6.45) is 4.60. The van der Waals surface area contributed by atoms with Gasteiger partial charge in [-0.3, -0.25) is 14.9 Å². The van der Waals surface area contributed by atoms with E-state index in [4.69, 9.17) is 32.4 Å². The maximum absolute atomic E-state index is 16.1. The topological polar surface area (TPSA) is 151 Å². The summed E-state index contributed by atoms with van der Waals surface area (Å²) in [4.78, 5) is 44.3. The third-order valence-electron chi connectivity index (χ3n) is 10.3. The van der Waals surface area contributed by atoms with E-state index in [0.717, 1.165) is 12.8 Å². The first-order chi connectivity index (χ1) is 21.4. The van der Waals surface area contributed by atoms with E-state index >= 15 is 4.39 Å². The van der Waals surface area contributed by atoms with Crippen LogP contribution >= 0.6 is 23.2 Å². The average molecular weight is 660 g/mol. The van der Waals surface area contributed by atoms with Crippen molar-refractivity contribution in [3.8, 4) is 0 Å². The third kappa shape index (κ3) is 4.79. The van der Waals surface area contributed by atoms with Crippen LogP contribution < -0.4 is 21.7 Å². The van der Waals surface area contributed by atoms with E-state index in [9.17, 15) is 14.4 Å². The molecule has 1 unspecified atom stereocenters. The highest BCUT2D eigenvalue weighted by Gasteiger charge is 2.73. The first-order valence-electron chi connectivity index (χ1n) is 15.1. The lowest BCUT2D eigenvalue weighted by molar-refractivity contribution is -0.126. The highest BCUT2D eigenvalue weighted by molar-refractivity contribution is 6.31. The lowest BCUT2D eigenvalue weighted by Crippen LogP contribution is -2.61. The number of halogens is 3. The van der Waals surface area contributed by atoms with E-state index in [2.05, 4.69) is 45.0 Å². The van der Waals surface area contributed by atoms with Gasteiger partial charge in [-0.2, -0.15) is 0 Å². The number of rotatable bonds is 4. The van der Waals surface area contributed by atoms with Crippen LogP contribution in [-0.4, -0.2) is 51.2 Å². The van der Waals surface area contributed by atoms with Gasteiger partial charge >= 0.3 is 5.76 Å². The van der Waals surface area contributed by atoms with Crippen molar-refractivity contribution < 1.29 is 23.1 Å². The molecule has 5 atom stereocenters. The van der Waals surface area contributed by atoms with Gasteiger partial charge in [0, 0.05) is 28.4 Å². The predicted octanol–water partition coefficient (Wildman–Crippen LogP) is 4.52. The molecule has 14 heteroatoms. The van der Waals surface area contributed by atoms with Crippen LogP contribution in [0.15, 0.2) is 39.7 Å². The summed E-state index contributed by atoms with van der Waals surface area (Å²) in [6.45, 7) is 4.53. The number of benzene rings is 1. The van der Waals surface area contributed by atoms with Gasteiger partial charge in [0.2, 0.25) is 17.7 Å². The highest BCUT2D eigenvalue weighted by atomic mass is 35.5. The fourth-order valence-corrected chi connectivity index (χ4v) is 8.40. The van der Waals surface area contributed by atoms with E-state index in [1.54, 1.807) is 12.1 Å². The van der Waals surface area contributed by atoms with Gasteiger partial charge in [-0.05, 0) is 73.3 Å². The maximum atomic E-state index is 16.1. The molecular formula is C31H33Cl2FN6O5. The van der Waals surface area contributed by atoms with Gasteiger partial charge in [-0.1, -0.05) is 43.1 Å². The minimum absolute atomic E-state index is 0.0243. The van der Waals surface area contributed by atoms with Crippen molar-refractivity contribution in [3.63, 3.8) is 0 Å². The Hall–Kier alpha value is -3.32. The first-order valence-corrected chi connectivity index (χ1v) is 15.9. The summed E-state index contributed by atoms with van der Waals surface area (Å²) < 4.78 is 27.0. The lowest BCUT2D eigenvalue weighted by Gasteiger charge is -2.50. The molecule has 3 aliphatic heterocycles. The van der Waals surface area contributed by atoms with Crippen LogP contribution in [0.1, 0.15) is 81.4 Å². The number of nitrogens with one attached hydrogen (secondary N) is 4. The highest BCUT2D eigenvalue weighted by Crippen LogP contribution is 2.64. The molecule has 4 aliphatic rings. The van der Waals surface area contributed by atoms with Crippen LogP contribution in [-0.2, 0) is 19.7 Å². The molecule has 2 saturated heterocycles. The molecule has 7 rings (SSSR count). The van der Waals surface area contributed by atoms with Gasteiger partial charge in [0.05, 0.1) is 18.7 Å². The van der Waals surface area contributed by atoms with Crippen molar-refractivity contribution in [2.45, 2.75) is 87.4 Å². The molecule has 1 aromatic carbocycles. The van der Waals surface area contributed by atoms with Crippen molar-refractivity contribution >= 4 is 40.7 Å². The number of ether oxygens (including phenoxy) is 1. The molecule has 2 aromatic heterocycles. The van der Waals surface area contributed by atoms with Gasteiger partial charge < -0.3 is 19.8 Å². The molecule has 0 radical (unpaired) electrons. The fourth-order valence-electron chi connectivity index (χ4n) is 8.06. The van der Waals surface area contributed by atoms with Gasteiger partial charge in [0.25, 0.3) is 0 Å². The van der Waals surface area contributed by atoms with Gasteiger partial charge in [-0.25, -0.2) is 19.3 Å². The summed E-state index contributed by atoms with van der Waals surface area (Å²) in [5.41, 5.74) is -0.871. The number of carbonyl (C=O) groups is 2. The van der Waals surface area contributed by atoms with Gasteiger partial charge in [-0.15, -0.1) is 5.10 Å². The molecule has 5 heterocycles. The fraction of sp³-hybridized carbons (Fsp3) is 0.516. The van der Waals surface area contributed by atoms with E-state index in [1.807, 2.05) is 6.07 Å². The van der Waals surface area contributed by atoms with Crippen LogP contribution in [0.3, 0.4) is 0 Å². The summed E-state index contributed by atoms with van der Waals surface area (Å²) in [6, 6.07) is 5.36. The minimum atomic E-state index is -1.36. The second-order valence-electron chi connectivity index (χ2n) is 13.4. The second-order valence-corrected chi connectivity index (χ2v) is 14.2. The van der Waals surface area contributed by atoms with Crippen molar-refractivity contribution in [3.05, 3.63) is 74.0 Å². The zero-order chi connectivity index (χ0) is 31.7. The van der Waals surface area contributed by atoms with Crippen LogP contribution in [0.25, 0.3) is 0 Å². The number of amides is 2. The van der Waals surface area contributed by atoms with E-state index in [-0.39, 0.29) is 46.5 Å². The number of carbonyl (C=O) groups excluding carboxylic acids is 2. The second kappa shape index (κ2) is 10.9. The Morgan fingerprint density at radius 1 is 1.11 bits per heavy atom. The van der Waals surface area contributed by atoms with E-state index in [1.165, 1.54) is 12.3 Å². The van der Waals surface area contributed by atoms with Gasteiger partial charge in [0.15, 0.2) is 11.0 Å². The first kappa shape index (κ1) is 30.3. The number of aromatic nitrogens is 3. The largest absolute Gasteiger partial charge is 0.434 e. The van der Waals surface area contributed by atoms with Crippen molar-refractivity contribution in [1.82, 2.24) is 25.8 Å². The number of hydrogen-bond donors (Lipinski definition) is 4. The number of pyridine rings is 1. The third-order valence-corrected chi connectivity index (χ3v) is 10.8. The van der Waals surface area contributed by atoms with Crippen LogP contribution in [0.5, 0.6) is 0 Å². The Kier molecular flexibility index (Phi) is 7.34. The Labute approximate surface area is 268 Å². The molecule has 238 valence electrons. The standard InChI is InChI=1S/C31H33Cl2FN6O5/c1-29(2)8-10-30(11-9-29)31(18-5-3-15(32)13-19(18)37-27(31)42)21(17-7-12-35-24(33)22(17)34)23(38-30)25(41)36-16-4-6-20(44-14-16)26-39-40-28(43)45-26/h3,5,7,12-13,16,20-21,23,38H,4,6,8-11,14H2,1-2H3,(H,36,41)(H,37,42)(H,40,43)/t16-,20+,21+,23-,31?/m1/s1. The molecule has 45 heavy (non-hydrogen) atoms. The Morgan fingerprint density at radius 3 is 2.58 bits per heavy atom. The monoisotopic (exact) mass is 658 g/mol. The lowest BCUT2D eigenvalue weighted by atomic mass is 9.53. The zero-order valence-corrected chi connectivity index (χ0v) is 26.2. The Bertz CT molecular complexity index is 1730. The summed E-state index contributed by atoms with van der Waals surface area (Å²) in [5, 5.41) is 16.0. The predicted molar refractivity (Wildman–Crippen MR) is 163 cm³/mol. The van der Waals surface area contributed by atoms with E-state index < -0.39 is 40.6 Å². The zero-order valence-electron chi connectivity index (χ0n) is 24.7.